The summed E-state index contributed by atoms with van der Waals surface area (Å²) in [5.41, 5.74) is 0.656. The number of hydrogen-bond acceptors (Lipinski definition) is 6. The summed E-state index contributed by atoms with van der Waals surface area (Å²) in [6.07, 6.45) is -1.18. The molecule has 0 aliphatic rings. The quantitative estimate of drug-likeness (QED) is 0.755. The Hall–Kier alpha value is -2.77. The number of nitrogens with zero attached hydrogens (tertiary/aromatic N) is 2. The smallest absolute Gasteiger partial charge is 0.233 e. The first kappa shape index (κ1) is 17.1. The molecule has 0 bridgehead atoms. The Bertz CT molecular complexity index is 961. The largest absolute Gasteiger partial charge is 0.480 e. The maximum Gasteiger partial charge on any atom is 0.233 e. The predicted molar refractivity (Wildman–Crippen MR) is 91.0 cm³/mol. The zero-order valence-corrected chi connectivity index (χ0v) is 14.2. The normalized spacial score (nSPS) is 12.6. The molecule has 0 saturated carbocycles. The van der Waals surface area contributed by atoms with Gasteiger partial charge in [0.1, 0.15) is 6.10 Å². The summed E-state index contributed by atoms with van der Waals surface area (Å²) in [4.78, 5) is 0.0796. The summed E-state index contributed by atoms with van der Waals surface area (Å²) in [6.45, 7) is 0. The van der Waals surface area contributed by atoms with E-state index in [1.165, 1.54) is 25.3 Å². The number of sulfone groups is 1. The fourth-order valence-corrected chi connectivity index (χ4v) is 3.77. The molecule has 3 aromatic rings. The van der Waals surface area contributed by atoms with E-state index in [0.29, 0.717) is 5.56 Å². The molecule has 0 aliphatic carbocycles. The van der Waals surface area contributed by atoms with Gasteiger partial charge in [0, 0.05) is 11.6 Å². The van der Waals surface area contributed by atoms with Crippen molar-refractivity contribution in [3.05, 3.63) is 77.9 Å². The highest BCUT2D eigenvalue weighted by Crippen LogP contribution is 2.31. The van der Waals surface area contributed by atoms with Gasteiger partial charge in [-0.15, -0.1) is 10.2 Å². The summed E-state index contributed by atoms with van der Waals surface area (Å²) in [7, 11) is -2.54. The highest BCUT2D eigenvalue weighted by molar-refractivity contribution is 7.91. The first-order valence-electron chi connectivity index (χ1n) is 7.49. The molecule has 0 aliphatic heterocycles. The number of hydrogen-bond donors (Lipinski definition) is 1. The van der Waals surface area contributed by atoms with E-state index in [1.54, 1.807) is 42.5 Å². The lowest BCUT2D eigenvalue weighted by molar-refractivity contribution is 0.214. The topological polar surface area (TPSA) is 89.4 Å². The van der Waals surface area contributed by atoms with Gasteiger partial charge in [-0.25, -0.2) is 8.42 Å². The van der Waals surface area contributed by atoms with Gasteiger partial charge < -0.3 is 9.84 Å². The van der Waals surface area contributed by atoms with Crippen molar-refractivity contribution < 1.29 is 18.3 Å². The maximum absolute atomic E-state index is 12.9. The Kier molecular flexibility index (Phi) is 4.78. The van der Waals surface area contributed by atoms with Crippen molar-refractivity contribution in [3.8, 4) is 5.88 Å². The average Bonchev–Trinajstić information content (AvgIpc) is 2.68. The van der Waals surface area contributed by atoms with Crippen LogP contribution in [0.5, 0.6) is 5.88 Å². The molecule has 128 valence electrons. The number of benzene rings is 2. The molecular formula is C18H16N2O4S. The van der Waals surface area contributed by atoms with E-state index in [9.17, 15) is 13.5 Å². The summed E-state index contributed by atoms with van der Waals surface area (Å²) in [5.74, 6) is 0.122. The molecule has 0 saturated heterocycles. The lowest BCUT2D eigenvalue weighted by atomic mass is 10.0. The Morgan fingerprint density at radius 3 is 2.16 bits per heavy atom. The number of methoxy groups -OCH3 is 1. The van der Waals surface area contributed by atoms with E-state index in [-0.39, 0.29) is 21.4 Å². The Morgan fingerprint density at radius 2 is 1.56 bits per heavy atom. The molecule has 1 heterocycles. The average molecular weight is 356 g/mol. The summed E-state index contributed by atoms with van der Waals surface area (Å²) >= 11 is 0. The standard InChI is InChI=1S/C18H16N2O4S/c1-24-16-12-15(17(21)13-8-4-2-5-9-13)18(20-19-16)25(22,23)14-10-6-3-7-11-14/h2-12,17,21H,1H3. The van der Waals surface area contributed by atoms with Gasteiger partial charge in [-0.2, -0.15) is 0 Å². The molecule has 2 aromatic carbocycles. The van der Waals surface area contributed by atoms with E-state index in [1.807, 2.05) is 6.07 Å². The van der Waals surface area contributed by atoms with Crippen molar-refractivity contribution in [1.82, 2.24) is 10.2 Å². The number of ether oxygens (including phenoxy) is 1. The SMILES string of the molecule is COc1cc(C(O)c2ccccc2)c(S(=O)(=O)c2ccccc2)nn1. The van der Waals surface area contributed by atoms with Gasteiger partial charge in [0.2, 0.25) is 15.7 Å². The van der Waals surface area contributed by atoms with Gasteiger partial charge in [0.05, 0.1) is 12.0 Å². The second-order valence-electron chi connectivity index (χ2n) is 5.28. The second kappa shape index (κ2) is 7.00. The zero-order valence-electron chi connectivity index (χ0n) is 13.4. The molecular weight excluding hydrogens is 340 g/mol. The van der Waals surface area contributed by atoms with Crippen molar-refractivity contribution in [2.45, 2.75) is 16.0 Å². The van der Waals surface area contributed by atoms with Crippen LogP contribution in [0.1, 0.15) is 17.2 Å². The Balaban J connectivity index is 2.18. The van der Waals surface area contributed by atoms with Gasteiger partial charge >= 0.3 is 0 Å². The molecule has 1 N–H and O–H groups in total. The van der Waals surface area contributed by atoms with Crippen LogP contribution in [0.4, 0.5) is 0 Å². The van der Waals surface area contributed by atoms with Crippen molar-refractivity contribution >= 4 is 9.84 Å². The molecule has 1 atom stereocenters. The van der Waals surface area contributed by atoms with Crippen LogP contribution >= 0.6 is 0 Å². The highest BCUT2D eigenvalue weighted by Gasteiger charge is 2.28. The van der Waals surface area contributed by atoms with Crippen LogP contribution < -0.4 is 4.74 Å². The third kappa shape index (κ3) is 3.38. The summed E-state index contributed by atoms with van der Waals surface area (Å²) in [5, 5.41) is 18.0. The molecule has 6 nitrogen and oxygen atoms in total. The molecule has 0 spiro atoms. The lowest BCUT2D eigenvalue weighted by Crippen LogP contribution is -2.13. The number of rotatable bonds is 5. The van der Waals surface area contributed by atoms with Crippen LogP contribution in [0.2, 0.25) is 0 Å². The number of aromatic nitrogens is 2. The van der Waals surface area contributed by atoms with Crippen LogP contribution in [0.15, 0.2) is 76.7 Å². The van der Waals surface area contributed by atoms with E-state index in [2.05, 4.69) is 10.2 Å². The fraction of sp³-hybridized carbons (Fsp3) is 0.111. The molecule has 7 heteroatoms. The van der Waals surface area contributed by atoms with Gasteiger partial charge in [-0.3, -0.25) is 0 Å². The Labute approximate surface area is 145 Å². The molecule has 25 heavy (non-hydrogen) atoms. The minimum Gasteiger partial charge on any atom is -0.480 e. The Morgan fingerprint density at radius 1 is 0.960 bits per heavy atom. The van der Waals surface area contributed by atoms with Crippen LogP contribution in [-0.2, 0) is 9.84 Å². The zero-order chi connectivity index (χ0) is 17.9. The van der Waals surface area contributed by atoms with E-state index < -0.39 is 15.9 Å². The van der Waals surface area contributed by atoms with E-state index in [0.717, 1.165) is 0 Å². The van der Waals surface area contributed by atoms with Crippen LogP contribution in [0, 0.1) is 0 Å². The molecule has 1 unspecified atom stereocenters. The number of aliphatic hydroxyl groups is 1. The van der Waals surface area contributed by atoms with Crippen LogP contribution in [-0.4, -0.2) is 30.8 Å². The maximum atomic E-state index is 12.9. The first-order chi connectivity index (χ1) is 12.0. The second-order valence-corrected chi connectivity index (χ2v) is 7.14. The summed E-state index contributed by atoms with van der Waals surface area (Å²) in [6, 6.07) is 18.0. The van der Waals surface area contributed by atoms with Crippen LogP contribution in [0.25, 0.3) is 0 Å². The predicted octanol–water partition coefficient (Wildman–Crippen LogP) is 2.40. The van der Waals surface area contributed by atoms with Crippen LogP contribution in [0.3, 0.4) is 0 Å². The molecule has 0 amide bonds. The minimum atomic E-state index is -3.94. The molecule has 3 rings (SSSR count). The summed E-state index contributed by atoms with van der Waals surface area (Å²) < 4.78 is 30.9. The lowest BCUT2D eigenvalue weighted by Gasteiger charge is -2.15. The van der Waals surface area contributed by atoms with Gasteiger partial charge in [0.15, 0.2) is 5.03 Å². The van der Waals surface area contributed by atoms with Gasteiger partial charge in [-0.1, -0.05) is 48.5 Å². The van der Waals surface area contributed by atoms with Crippen molar-refractivity contribution in [2.24, 2.45) is 0 Å². The highest BCUT2D eigenvalue weighted by atomic mass is 32.2. The molecule has 1 aromatic heterocycles. The van der Waals surface area contributed by atoms with E-state index in [4.69, 9.17) is 4.74 Å². The fourth-order valence-electron chi connectivity index (χ4n) is 2.41. The number of aliphatic hydroxyl groups excluding tert-OH is 1. The minimum absolute atomic E-state index is 0.0796. The third-order valence-electron chi connectivity index (χ3n) is 3.69. The molecule has 0 radical (unpaired) electrons. The van der Waals surface area contributed by atoms with Crippen molar-refractivity contribution in [2.75, 3.05) is 7.11 Å². The van der Waals surface area contributed by atoms with E-state index >= 15 is 0 Å². The van der Waals surface area contributed by atoms with Crippen molar-refractivity contribution in [3.63, 3.8) is 0 Å². The monoisotopic (exact) mass is 356 g/mol. The third-order valence-corrected chi connectivity index (χ3v) is 5.41. The van der Waals surface area contributed by atoms with Gasteiger partial charge in [0.25, 0.3) is 0 Å². The first-order valence-corrected chi connectivity index (χ1v) is 8.97. The van der Waals surface area contributed by atoms with Crippen molar-refractivity contribution in [1.29, 1.82) is 0 Å². The van der Waals surface area contributed by atoms with Gasteiger partial charge in [-0.05, 0) is 17.7 Å². The molecule has 0 fully saturated rings.